The van der Waals surface area contributed by atoms with Crippen LogP contribution in [0.15, 0.2) is 63.5 Å². The molecule has 3 aromatic carbocycles. The molecule has 0 amide bonds. The number of nitrogens with one attached hydrogen (secondary N) is 1. The molecule has 3 rings (SSSR count). The van der Waals surface area contributed by atoms with Crippen molar-refractivity contribution in [3.8, 4) is 11.5 Å². The number of hydrogen-bond donors (Lipinski definition) is 1. The fourth-order valence-corrected chi connectivity index (χ4v) is 3.75. The van der Waals surface area contributed by atoms with E-state index in [1.165, 1.54) is 12.1 Å². The predicted octanol–water partition coefficient (Wildman–Crippen LogP) is 7.59. The van der Waals surface area contributed by atoms with Gasteiger partial charge in [0.25, 0.3) is 0 Å². The zero-order valence-corrected chi connectivity index (χ0v) is 19.6. The summed E-state index contributed by atoms with van der Waals surface area (Å²) in [5, 5.41) is 3.99. The number of ether oxygens (including phenoxy) is 2. The second kappa shape index (κ2) is 10.3. The maximum Gasteiger partial charge on any atom is 0.175 e. The zero-order valence-electron chi connectivity index (χ0n) is 15.6. The van der Waals surface area contributed by atoms with Gasteiger partial charge in [0.1, 0.15) is 12.4 Å². The third kappa shape index (κ3) is 6.11. The van der Waals surface area contributed by atoms with E-state index in [1.54, 1.807) is 6.07 Å². The molecular formula is C22H19Br2ClFNO2. The van der Waals surface area contributed by atoms with Gasteiger partial charge in [0.05, 0.1) is 16.1 Å². The first-order valence-electron chi connectivity index (χ1n) is 8.97. The number of rotatable bonds is 8. The molecule has 3 nitrogen and oxygen atoms in total. The maximum atomic E-state index is 13.4. The fraction of sp³-hybridized carbons (Fsp3) is 0.182. The normalized spacial score (nSPS) is 10.7. The van der Waals surface area contributed by atoms with E-state index in [1.807, 2.05) is 43.3 Å². The molecule has 3 aromatic rings. The number of anilines is 1. The number of benzene rings is 3. The standard InChI is InChI=1S/C22H19Br2ClFNO2/c1-2-28-21-10-15(12-27-17-6-7-18(23)20(25)11-17)9-19(24)22(21)29-13-14-4-3-5-16(26)8-14/h3-11,27H,2,12-13H2,1H3. The van der Waals surface area contributed by atoms with Crippen LogP contribution in [0.2, 0.25) is 5.02 Å². The zero-order chi connectivity index (χ0) is 20.8. The van der Waals surface area contributed by atoms with Crippen LogP contribution in [0.4, 0.5) is 10.1 Å². The molecule has 0 heterocycles. The van der Waals surface area contributed by atoms with Crippen molar-refractivity contribution >= 4 is 49.1 Å². The Hall–Kier alpha value is -1.76. The summed E-state index contributed by atoms with van der Waals surface area (Å²) in [4.78, 5) is 0. The van der Waals surface area contributed by atoms with Crippen LogP contribution < -0.4 is 14.8 Å². The van der Waals surface area contributed by atoms with Crippen molar-refractivity contribution in [2.75, 3.05) is 11.9 Å². The summed E-state index contributed by atoms with van der Waals surface area (Å²) >= 11 is 13.1. The van der Waals surface area contributed by atoms with E-state index in [9.17, 15) is 4.39 Å². The van der Waals surface area contributed by atoms with Gasteiger partial charge in [-0.3, -0.25) is 0 Å². The average molecular weight is 544 g/mol. The molecule has 0 saturated carbocycles. The van der Waals surface area contributed by atoms with Gasteiger partial charge < -0.3 is 14.8 Å². The molecule has 7 heteroatoms. The Bertz CT molecular complexity index is 1000. The van der Waals surface area contributed by atoms with Crippen LogP contribution in [0, 0.1) is 5.82 Å². The lowest BCUT2D eigenvalue weighted by molar-refractivity contribution is 0.267. The van der Waals surface area contributed by atoms with Crippen LogP contribution in [-0.4, -0.2) is 6.61 Å². The Morgan fingerprint density at radius 2 is 1.79 bits per heavy atom. The van der Waals surface area contributed by atoms with Gasteiger partial charge >= 0.3 is 0 Å². The van der Waals surface area contributed by atoms with E-state index in [4.69, 9.17) is 21.1 Å². The van der Waals surface area contributed by atoms with Gasteiger partial charge in [-0.05, 0) is 92.4 Å². The van der Waals surface area contributed by atoms with Gasteiger partial charge in [-0.25, -0.2) is 4.39 Å². The largest absolute Gasteiger partial charge is 0.490 e. The molecule has 0 spiro atoms. The first kappa shape index (κ1) is 21.9. The van der Waals surface area contributed by atoms with E-state index < -0.39 is 0 Å². The van der Waals surface area contributed by atoms with Crippen LogP contribution in [0.25, 0.3) is 0 Å². The third-order valence-corrected chi connectivity index (χ3v) is 5.88. The smallest absolute Gasteiger partial charge is 0.175 e. The summed E-state index contributed by atoms with van der Waals surface area (Å²) in [6.45, 7) is 3.24. The van der Waals surface area contributed by atoms with E-state index in [0.717, 1.165) is 25.8 Å². The Balaban J connectivity index is 1.75. The minimum Gasteiger partial charge on any atom is -0.490 e. The Morgan fingerprint density at radius 1 is 0.966 bits per heavy atom. The van der Waals surface area contributed by atoms with Gasteiger partial charge in [0.15, 0.2) is 11.5 Å². The van der Waals surface area contributed by atoms with Crippen LogP contribution in [0.1, 0.15) is 18.1 Å². The molecular weight excluding hydrogens is 525 g/mol. The van der Waals surface area contributed by atoms with Gasteiger partial charge in [0.2, 0.25) is 0 Å². The van der Waals surface area contributed by atoms with Crippen LogP contribution in [0.5, 0.6) is 11.5 Å². The lowest BCUT2D eigenvalue weighted by Gasteiger charge is -2.16. The van der Waals surface area contributed by atoms with Crippen LogP contribution in [0.3, 0.4) is 0 Å². The Kier molecular flexibility index (Phi) is 7.81. The molecule has 0 aliphatic heterocycles. The van der Waals surface area contributed by atoms with Crippen molar-refractivity contribution in [1.82, 2.24) is 0 Å². The fourth-order valence-electron chi connectivity index (χ4n) is 2.72. The van der Waals surface area contributed by atoms with Gasteiger partial charge in [-0.2, -0.15) is 0 Å². The lowest BCUT2D eigenvalue weighted by Crippen LogP contribution is -2.04. The molecule has 0 fully saturated rings. The summed E-state index contributed by atoms with van der Waals surface area (Å²) in [6.07, 6.45) is 0. The highest BCUT2D eigenvalue weighted by Gasteiger charge is 2.13. The minimum atomic E-state index is -0.287. The predicted molar refractivity (Wildman–Crippen MR) is 123 cm³/mol. The molecule has 29 heavy (non-hydrogen) atoms. The first-order valence-corrected chi connectivity index (χ1v) is 10.9. The topological polar surface area (TPSA) is 30.5 Å². The molecule has 152 valence electrons. The summed E-state index contributed by atoms with van der Waals surface area (Å²) in [5.41, 5.74) is 2.67. The van der Waals surface area contributed by atoms with Gasteiger partial charge in [-0.1, -0.05) is 23.7 Å². The van der Waals surface area contributed by atoms with Crippen molar-refractivity contribution in [2.45, 2.75) is 20.1 Å². The molecule has 1 N–H and O–H groups in total. The summed E-state index contributed by atoms with van der Waals surface area (Å²) in [5.74, 6) is 0.931. The van der Waals surface area contributed by atoms with E-state index >= 15 is 0 Å². The Morgan fingerprint density at radius 3 is 2.52 bits per heavy atom. The van der Waals surface area contributed by atoms with Gasteiger partial charge in [0, 0.05) is 16.7 Å². The summed E-state index contributed by atoms with van der Waals surface area (Å²) in [6, 6.07) is 16.0. The highest BCUT2D eigenvalue weighted by atomic mass is 79.9. The summed E-state index contributed by atoms with van der Waals surface area (Å²) in [7, 11) is 0. The van der Waals surface area contributed by atoms with E-state index in [-0.39, 0.29) is 12.4 Å². The van der Waals surface area contributed by atoms with Crippen molar-refractivity contribution < 1.29 is 13.9 Å². The van der Waals surface area contributed by atoms with Crippen molar-refractivity contribution in [3.63, 3.8) is 0 Å². The lowest BCUT2D eigenvalue weighted by atomic mass is 10.2. The number of hydrogen-bond acceptors (Lipinski definition) is 3. The second-order valence-electron chi connectivity index (χ2n) is 6.24. The van der Waals surface area contributed by atoms with Crippen molar-refractivity contribution in [2.24, 2.45) is 0 Å². The van der Waals surface area contributed by atoms with Crippen molar-refractivity contribution in [1.29, 1.82) is 0 Å². The van der Waals surface area contributed by atoms with Crippen LogP contribution >= 0.6 is 43.5 Å². The highest BCUT2D eigenvalue weighted by Crippen LogP contribution is 2.38. The molecule has 0 aliphatic carbocycles. The third-order valence-electron chi connectivity index (χ3n) is 4.06. The van der Waals surface area contributed by atoms with E-state index in [2.05, 4.69) is 37.2 Å². The molecule has 0 saturated heterocycles. The molecule has 0 aliphatic rings. The molecule has 0 bridgehead atoms. The molecule has 0 radical (unpaired) electrons. The molecule has 0 atom stereocenters. The first-order chi connectivity index (χ1) is 14.0. The molecule has 0 unspecified atom stereocenters. The SMILES string of the molecule is CCOc1cc(CNc2ccc(Br)c(Cl)c2)cc(Br)c1OCc1cccc(F)c1. The number of halogens is 4. The Labute approximate surface area is 191 Å². The summed E-state index contributed by atoms with van der Waals surface area (Å²) < 4.78 is 26.7. The van der Waals surface area contributed by atoms with Gasteiger partial charge in [-0.15, -0.1) is 0 Å². The average Bonchev–Trinajstić information content (AvgIpc) is 2.68. The highest BCUT2D eigenvalue weighted by molar-refractivity contribution is 9.10. The second-order valence-corrected chi connectivity index (χ2v) is 8.35. The van der Waals surface area contributed by atoms with Crippen molar-refractivity contribution in [3.05, 3.63) is 85.5 Å². The quantitative estimate of drug-likeness (QED) is 0.318. The van der Waals surface area contributed by atoms with E-state index in [0.29, 0.717) is 29.7 Å². The maximum absolute atomic E-state index is 13.4. The minimum absolute atomic E-state index is 0.241. The molecule has 0 aromatic heterocycles. The monoisotopic (exact) mass is 541 g/mol. The van der Waals surface area contributed by atoms with Crippen LogP contribution in [-0.2, 0) is 13.2 Å².